The van der Waals surface area contributed by atoms with Gasteiger partial charge >= 0.3 is 5.97 Å². The van der Waals surface area contributed by atoms with Gasteiger partial charge in [0.15, 0.2) is 0 Å². The van der Waals surface area contributed by atoms with Gasteiger partial charge in [0.2, 0.25) is 11.8 Å². The molecule has 0 spiro atoms. The van der Waals surface area contributed by atoms with Crippen LogP contribution in [0.2, 0.25) is 0 Å². The number of hydrogen-bond donors (Lipinski definition) is 1. The van der Waals surface area contributed by atoms with Crippen molar-refractivity contribution in [1.82, 2.24) is 5.32 Å². The fourth-order valence-corrected chi connectivity index (χ4v) is 4.22. The molecule has 1 aliphatic heterocycles. The number of nitrogens with zero attached hydrogens (tertiary/aromatic N) is 1. The van der Waals surface area contributed by atoms with Gasteiger partial charge in [-0.1, -0.05) is 42.2 Å². The van der Waals surface area contributed by atoms with Crippen LogP contribution in [0.3, 0.4) is 0 Å². The van der Waals surface area contributed by atoms with E-state index in [1.54, 1.807) is 4.90 Å². The second kappa shape index (κ2) is 18.8. The fourth-order valence-electron chi connectivity index (χ4n) is 4.22. The molecule has 1 N–H and O–H groups in total. The lowest BCUT2D eigenvalue weighted by Crippen LogP contribution is -2.34. The molecule has 3 rings (SSSR count). The number of anilines is 1. The van der Waals surface area contributed by atoms with Gasteiger partial charge in [-0.3, -0.25) is 14.4 Å². The molecule has 2 aromatic rings. The van der Waals surface area contributed by atoms with Crippen LogP contribution in [0.1, 0.15) is 56.7 Å². The van der Waals surface area contributed by atoms with Crippen molar-refractivity contribution in [3.63, 3.8) is 0 Å². The van der Waals surface area contributed by atoms with Crippen LogP contribution in [-0.4, -0.2) is 82.8 Å². The smallest absolute Gasteiger partial charge is 0.308 e. The van der Waals surface area contributed by atoms with Gasteiger partial charge in [-0.05, 0) is 44.5 Å². The minimum atomic E-state index is -0.489. The third kappa shape index (κ3) is 13.3. The SMILES string of the molecule is CC(C)(C)OC(=O)CCOCCOCCOCCOCCNC(=O)CCC(=O)N1Cc2ccccc2C#Cc2ccccc21. The van der Waals surface area contributed by atoms with Crippen molar-refractivity contribution in [3.8, 4) is 11.8 Å². The summed E-state index contributed by atoms with van der Waals surface area (Å²) in [6.07, 6.45) is 0.386. The number of para-hydroxylation sites is 1. The highest BCUT2D eigenvalue weighted by Gasteiger charge is 2.21. The van der Waals surface area contributed by atoms with Gasteiger partial charge in [-0.15, -0.1) is 0 Å². The maximum Gasteiger partial charge on any atom is 0.308 e. The Morgan fingerprint density at radius 3 is 1.98 bits per heavy atom. The number of fused-ring (bicyclic) bond motifs is 2. The van der Waals surface area contributed by atoms with Crippen LogP contribution in [0.5, 0.6) is 0 Å². The van der Waals surface area contributed by atoms with E-state index in [0.29, 0.717) is 65.9 Å². The topological polar surface area (TPSA) is 113 Å². The normalized spacial score (nSPS) is 12.2. The largest absolute Gasteiger partial charge is 0.460 e. The van der Waals surface area contributed by atoms with E-state index in [2.05, 4.69) is 17.2 Å². The number of hydrogen-bond acceptors (Lipinski definition) is 8. The molecule has 0 atom stereocenters. The monoisotopic (exact) mass is 608 g/mol. The summed E-state index contributed by atoms with van der Waals surface area (Å²) in [5.41, 5.74) is 2.91. The van der Waals surface area contributed by atoms with E-state index in [4.69, 9.17) is 23.7 Å². The minimum Gasteiger partial charge on any atom is -0.460 e. The molecule has 0 aliphatic carbocycles. The van der Waals surface area contributed by atoms with Crippen LogP contribution in [-0.2, 0) is 44.6 Å². The zero-order valence-corrected chi connectivity index (χ0v) is 26.0. The summed E-state index contributed by atoms with van der Waals surface area (Å²) in [7, 11) is 0. The first-order valence-electron chi connectivity index (χ1n) is 15.0. The number of carbonyl (C=O) groups is 3. The molecular weight excluding hydrogens is 564 g/mol. The fraction of sp³-hybridized carbons (Fsp3) is 0.500. The average molecular weight is 609 g/mol. The van der Waals surface area contributed by atoms with E-state index >= 15 is 0 Å². The van der Waals surface area contributed by atoms with Gasteiger partial charge in [0.25, 0.3) is 0 Å². The quantitative estimate of drug-likeness (QED) is 0.155. The number of nitrogens with one attached hydrogen (secondary N) is 1. The van der Waals surface area contributed by atoms with Crippen molar-refractivity contribution < 1.29 is 38.1 Å². The standard InChI is InChI=1S/C34H44N2O8/c1-34(2,3)44-33(39)16-18-40-20-22-42-24-25-43-23-21-41-19-17-35-31(37)14-15-32(38)36-26-29-10-5-4-8-27(29)12-13-28-9-6-7-11-30(28)36/h4-11H,14-26H2,1-3H3,(H,35,37). The molecule has 0 aromatic heterocycles. The number of benzene rings is 2. The summed E-state index contributed by atoms with van der Waals surface area (Å²) in [5, 5.41) is 2.80. The lowest BCUT2D eigenvalue weighted by atomic mass is 10.0. The first kappa shape index (κ1) is 34.7. The highest BCUT2D eigenvalue weighted by atomic mass is 16.6. The highest BCUT2D eigenvalue weighted by Crippen LogP contribution is 2.26. The van der Waals surface area contributed by atoms with Gasteiger partial charge in [0.05, 0.1) is 71.5 Å². The third-order valence-corrected chi connectivity index (χ3v) is 6.29. The van der Waals surface area contributed by atoms with Crippen LogP contribution in [0, 0.1) is 11.8 Å². The van der Waals surface area contributed by atoms with Crippen molar-refractivity contribution in [1.29, 1.82) is 0 Å². The Hall–Kier alpha value is -3.75. The van der Waals surface area contributed by atoms with Crippen LogP contribution < -0.4 is 10.2 Å². The van der Waals surface area contributed by atoms with E-state index in [0.717, 1.165) is 22.4 Å². The molecule has 1 aliphatic rings. The lowest BCUT2D eigenvalue weighted by Gasteiger charge is -2.26. The number of carbonyl (C=O) groups excluding carboxylic acids is 3. The summed E-state index contributed by atoms with van der Waals surface area (Å²) in [5.74, 6) is 5.77. The van der Waals surface area contributed by atoms with Crippen LogP contribution in [0.4, 0.5) is 5.69 Å². The van der Waals surface area contributed by atoms with Crippen LogP contribution >= 0.6 is 0 Å². The number of amides is 2. The summed E-state index contributed by atoms with van der Waals surface area (Å²) in [6.45, 7) is 9.31. The summed E-state index contributed by atoms with van der Waals surface area (Å²) in [6, 6.07) is 15.4. The van der Waals surface area contributed by atoms with E-state index in [1.165, 1.54) is 0 Å². The van der Waals surface area contributed by atoms with Gasteiger partial charge in [-0.2, -0.15) is 0 Å². The Balaban J connectivity index is 1.19. The summed E-state index contributed by atoms with van der Waals surface area (Å²) < 4.78 is 27.0. The molecule has 1 heterocycles. The van der Waals surface area contributed by atoms with Gasteiger partial charge in [0.1, 0.15) is 5.60 Å². The molecule has 2 aromatic carbocycles. The van der Waals surface area contributed by atoms with E-state index in [9.17, 15) is 14.4 Å². The molecule has 0 radical (unpaired) electrons. The predicted molar refractivity (Wildman–Crippen MR) is 166 cm³/mol. The lowest BCUT2D eigenvalue weighted by molar-refractivity contribution is -0.156. The second-order valence-corrected chi connectivity index (χ2v) is 11.0. The Morgan fingerprint density at radius 1 is 0.727 bits per heavy atom. The molecule has 238 valence electrons. The van der Waals surface area contributed by atoms with Crippen molar-refractivity contribution in [3.05, 3.63) is 65.2 Å². The maximum atomic E-state index is 13.2. The number of ether oxygens (including phenoxy) is 5. The van der Waals surface area contributed by atoms with Crippen molar-refractivity contribution >= 4 is 23.5 Å². The van der Waals surface area contributed by atoms with Crippen LogP contribution in [0.15, 0.2) is 48.5 Å². The molecular formula is C34H44N2O8. The van der Waals surface area contributed by atoms with E-state index in [-0.39, 0.29) is 37.0 Å². The molecule has 0 saturated heterocycles. The van der Waals surface area contributed by atoms with Crippen molar-refractivity contribution in [2.75, 3.05) is 64.3 Å². The molecule has 10 heteroatoms. The average Bonchev–Trinajstić information content (AvgIpc) is 2.98. The van der Waals surface area contributed by atoms with Gasteiger partial charge < -0.3 is 33.9 Å². The van der Waals surface area contributed by atoms with Crippen LogP contribution in [0.25, 0.3) is 0 Å². The number of rotatable bonds is 18. The molecule has 0 fully saturated rings. The molecule has 2 amide bonds. The molecule has 0 saturated carbocycles. The maximum absolute atomic E-state index is 13.2. The Bertz CT molecular complexity index is 1280. The first-order valence-corrected chi connectivity index (χ1v) is 15.0. The molecule has 10 nitrogen and oxygen atoms in total. The molecule has 44 heavy (non-hydrogen) atoms. The minimum absolute atomic E-state index is 0.0860. The third-order valence-electron chi connectivity index (χ3n) is 6.29. The Labute approximate surface area is 260 Å². The summed E-state index contributed by atoms with van der Waals surface area (Å²) in [4.78, 5) is 38.9. The van der Waals surface area contributed by atoms with E-state index < -0.39 is 5.60 Å². The predicted octanol–water partition coefficient (Wildman–Crippen LogP) is 3.63. The van der Waals surface area contributed by atoms with Gasteiger partial charge in [0, 0.05) is 30.5 Å². The Kier molecular flexibility index (Phi) is 14.9. The van der Waals surface area contributed by atoms with E-state index in [1.807, 2.05) is 69.3 Å². The zero-order valence-electron chi connectivity index (χ0n) is 26.0. The first-order chi connectivity index (χ1) is 21.2. The number of esters is 1. The van der Waals surface area contributed by atoms with Crippen molar-refractivity contribution in [2.24, 2.45) is 0 Å². The summed E-state index contributed by atoms with van der Waals surface area (Å²) >= 11 is 0. The second-order valence-electron chi connectivity index (χ2n) is 11.0. The van der Waals surface area contributed by atoms with Crippen molar-refractivity contribution in [2.45, 2.75) is 52.2 Å². The zero-order chi connectivity index (χ0) is 31.6. The molecule has 0 bridgehead atoms. The Morgan fingerprint density at radius 2 is 1.30 bits per heavy atom. The highest BCUT2D eigenvalue weighted by molar-refractivity contribution is 5.96. The molecule has 0 unspecified atom stereocenters. The van der Waals surface area contributed by atoms with Gasteiger partial charge in [-0.25, -0.2) is 0 Å².